The summed E-state index contributed by atoms with van der Waals surface area (Å²) in [6, 6.07) is 12.3. The molecule has 2 saturated carbocycles. The van der Waals surface area contributed by atoms with Crippen LogP contribution in [0.5, 0.6) is 0 Å². The minimum absolute atomic E-state index is 0.387. The van der Waals surface area contributed by atoms with E-state index < -0.39 is 0 Å². The van der Waals surface area contributed by atoms with E-state index in [1.54, 1.807) is 5.56 Å². The molecule has 1 heterocycles. The Bertz CT molecular complexity index is 622. The van der Waals surface area contributed by atoms with Crippen LogP contribution in [0.4, 0.5) is 0 Å². The van der Waals surface area contributed by atoms with Gasteiger partial charge in [-0.15, -0.1) is 0 Å². The van der Waals surface area contributed by atoms with Gasteiger partial charge in [-0.2, -0.15) is 0 Å². The Balaban J connectivity index is 1.56. The lowest BCUT2D eigenvalue weighted by molar-refractivity contribution is -0.0221. The van der Waals surface area contributed by atoms with E-state index >= 15 is 0 Å². The number of rotatable bonds is 5. The van der Waals surface area contributed by atoms with E-state index in [4.69, 9.17) is 0 Å². The van der Waals surface area contributed by atoms with Crippen molar-refractivity contribution in [2.24, 2.45) is 16.7 Å². The minimum atomic E-state index is 0.387. The summed E-state index contributed by atoms with van der Waals surface area (Å²) in [4.78, 5) is 0. The molecule has 1 aromatic carbocycles. The average molecular weight is 369 g/mol. The molecule has 0 radical (unpaired) electrons. The second-order valence-electron chi connectivity index (χ2n) is 10.9. The SMILES string of the molecule is CCC1(C)CC2CC(C)(CNC3CCNCC3)CC(c3ccccc3)(C2)C1. The second kappa shape index (κ2) is 7.52. The molecule has 2 bridgehead atoms. The maximum Gasteiger partial charge on any atom is 0.00914 e. The fourth-order valence-electron chi connectivity index (χ4n) is 7.08. The molecular formula is C25H40N2. The van der Waals surface area contributed by atoms with Crippen molar-refractivity contribution in [3.8, 4) is 0 Å². The Morgan fingerprint density at radius 3 is 2.33 bits per heavy atom. The molecule has 4 rings (SSSR count). The first-order valence-electron chi connectivity index (χ1n) is 11.4. The van der Waals surface area contributed by atoms with Crippen LogP contribution in [0.1, 0.15) is 77.7 Å². The lowest BCUT2D eigenvalue weighted by Gasteiger charge is -2.58. The molecule has 0 spiro atoms. The Morgan fingerprint density at radius 1 is 0.963 bits per heavy atom. The molecule has 1 saturated heterocycles. The highest BCUT2D eigenvalue weighted by atomic mass is 15.0. The molecule has 27 heavy (non-hydrogen) atoms. The number of hydrogen-bond donors (Lipinski definition) is 2. The normalized spacial score (nSPS) is 40.0. The summed E-state index contributed by atoms with van der Waals surface area (Å²) in [6.45, 7) is 11.1. The third-order valence-electron chi connectivity index (χ3n) is 8.17. The largest absolute Gasteiger partial charge is 0.317 e. The van der Waals surface area contributed by atoms with Crippen LogP contribution >= 0.6 is 0 Å². The summed E-state index contributed by atoms with van der Waals surface area (Å²) in [5.41, 5.74) is 2.95. The van der Waals surface area contributed by atoms with Crippen molar-refractivity contribution in [1.82, 2.24) is 10.6 Å². The van der Waals surface area contributed by atoms with Crippen LogP contribution in [-0.4, -0.2) is 25.7 Å². The third-order valence-corrected chi connectivity index (χ3v) is 8.17. The lowest BCUT2D eigenvalue weighted by Crippen LogP contribution is -2.53. The number of nitrogens with one attached hydrogen (secondary N) is 2. The smallest absolute Gasteiger partial charge is 0.00914 e. The number of piperidine rings is 1. The van der Waals surface area contributed by atoms with Crippen molar-refractivity contribution in [3.63, 3.8) is 0 Å². The summed E-state index contributed by atoms with van der Waals surface area (Å²) in [5.74, 6) is 0.887. The van der Waals surface area contributed by atoms with Crippen molar-refractivity contribution < 1.29 is 0 Å². The van der Waals surface area contributed by atoms with Crippen molar-refractivity contribution in [2.45, 2.75) is 83.6 Å². The first-order valence-corrected chi connectivity index (χ1v) is 11.4. The summed E-state index contributed by atoms with van der Waals surface area (Å²) >= 11 is 0. The summed E-state index contributed by atoms with van der Waals surface area (Å²) < 4.78 is 0. The zero-order valence-corrected chi connectivity index (χ0v) is 17.8. The monoisotopic (exact) mass is 368 g/mol. The van der Waals surface area contributed by atoms with E-state index in [9.17, 15) is 0 Å². The van der Waals surface area contributed by atoms with Crippen LogP contribution in [0, 0.1) is 16.7 Å². The average Bonchev–Trinajstić information content (AvgIpc) is 2.67. The van der Waals surface area contributed by atoms with Gasteiger partial charge >= 0.3 is 0 Å². The Morgan fingerprint density at radius 2 is 1.63 bits per heavy atom. The zero-order chi connectivity index (χ0) is 19.0. The molecule has 3 fully saturated rings. The topological polar surface area (TPSA) is 24.1 Å². The summed E-state index contributed by atoms with van der Waals surface area (Å²) in [5, 5.41) is 7.48. The van der Waals surface area contributed by atoms with Crippen LogP contribution in [0.25, 0.3) is 0 Å². The van der Waals surface area contributed by atoms with Crippen molar-refractivity contribution in [2.75, 3.05) is 19.6 Å². The Kier molecular flexibility index (Phi) is 5.42. The van der Waals surface area contributed by atoms with Gasteiger partial charge in [-0.1, -0.05) is 57.5 Å². The van der Waals surface area contributed by atoms with Crippen molar-refractivity contribution in [3.05, 3.63) is 35.9 Å². The molecule has 2 heteroatoms. The van der Waals surface area contributed by atoms with Crippen LogP contribution < -0.4 is 10.6 Å². The lowest BCUT2D eigenvalue weighted by atomic mass is 9.47. The first kappa shape index (κ1) is 19.5. The molecule has 4 atom stereocenters. The Labute approximate surface area is 166 Å². The second-order valence-corrected chi connectivity index (χ2v) is 10.9. The highest BCUT2D eigenvalue weighted by Crippen LogP contribution is 2.61. The van der Waals surface area contributed by atoms with Gasteiger partial charge in [-0.05, 0) is 85.8 Å². The van der Waals surface area contributed by atoms with Gasteiger partial charge in [0.15, 0.2) is 0 Å². The van der Waals surface area contributed by atoms with Gasteiger partial charge < -0.3 is 10.6 Å². The van der Waals surface area contributed by atoms with Gasteiger partial charge in [0.2, 0.25) is 0 Å². The molecule has 0 aromatic heterocycles. The number of fused-ring (bicyclic) bond motifs is 2. The van der Waals surface area contributed by atoms with Crippen LogP contribution in [-0.2, 0) is 5.41 Å². The highest BCUT2D eigenvalue weighted by Gasteiger charge is 2.53. The molecule has 1 aromatic rings. The van der Waals surface area contributed by atoms with E-state index in [-0.39, 0.29) is 0 Å². The van der Waals surface area contributed by atoms with Gasteiger partial charge in [-0.3, -0.25) is 0 Å². The molecule has 3 aliphatic rings. The first-order chi connectivity index (χ1) is 12.9. The van der Waals surface area contributed by atoms with Crippen LogP contribution in [0.3, 0.4) is 0 Å². The fourth-order valence-corrected chi connectivity index (χ4v) is 7.08. The quantitative estimate of drug-likeness (QED) is 0.738. The van der Waals surface area contributed by atoms with E-state index in [2.05, 4.69) is 61.7 Å². The maximum atomic E-state index is 3.98. The minimum Gasteiger partial charge on any atom is -0.317 e. The number of benzene rings is 1. The molecule has 2 aliphatic carbocycles. The standard InChI is InChI=1S/C25H40N2/c1-4-23(2)14-20-15-24(3,19-27-22-10-12-26-13-11-22)18-25(16-20,17-23)21-8-6-5-7-9-21/h5-9,20,22,26-27H,4,10-19H2,1-3H3. The van der Waals surface area contributed by atoms with Crippen molar-refractivity contribution in [1.29, 1.82) is 0 Å². The molecule has 2 N–H and O–H groups in total. The fraction of sp³-hybridized carbons (Fsp3) is 0.760. The molecule has 0 amide bonds. The summed E-state index contributed by atoms with van der Waals surface area (Å²) in [7, 11) is 0. The van der Waals surface area contributed by atoms with Gasteiger partial charge in [0, 0.05) is 12.6 Å². The predicted molar refractivity (Wildman–Crippen MR) is 115 cm³/mol. The third kappa shape index (κ3) is 4.12. The Hall–Kier alpha value is -0.860. The zero-order valence-electron chi connectivity index (χ0n) is 17.8. The molecule has 4 unspecified atom stereocenters. The van der Waals surface area contributed by atoms with Crippen LogP contribution in [0.2, 0.25) is 0 Å². The van der Waals surface area contributed by atoms with Gasteiger partial charge in [0.1, 0.15) is 0 Å². The van der Waals surface area contributed by atoms with E-state index in [0.29, 0.717) is 16.2 Å². The van der Waals surface area contributed by atoms with Crippen molar-refractivity contribution >= 4 is 0 Å². The highest BCUT2D eigenvalue weighted by molar-refractivity contribution is 5.29. The molecule has 1 aliphatic heterocycles. The summed E-state index contributed by atoms with van der Waals surface area (Å²) in [6.07, 6.45) is 10.9. The van der Waals surface area contributed by atoms with E-state index in [0.717, 1.165) is 12.0 Å². The molecule has 150 valence electrons. The van der Waals surface area contributed by atoms with Gasteiger partial charge in [-0.25, -0.2) is 0 Å². The van der Waals surface area contributed by atoms with E-state index in [1.165, 1.54) is 71.0 Å². The van der Waals surface area contributed by atoms with Gasteiger partial charge in [0.05, 0.1) is 0 Å². The molecule has 2 nitrogen and oxygen atoms in total. The maximum absolute atomic E-state index is 3.98. The van der Waals surface area contributed by atoms with Gasteiger partial charge in [0.25, 0.3) is 0 Å². The molecular weight excluding hydrogens is 328 g/mol. The predicted octanol–water partition coefficient (Wildman–Crippen LogP) is 5.28. The number of hydrogen-bond acceptors (Lipinski definition) is 2. The van der Waals surface area contributed by atoms with E-state index in [1.807, 2.05) is 0 Å². The van der Waals surface area contributed by atoms with Crippen LogP contribution in [0.15, 0.2) is 30.3 Å².